The number of carbonyl (C=O) groups excluding carboxylic acids is 1. The van der Waals surface area contributed by atoms with Crippen molar-refractivity contribution in [2.75, 3.05) is 0 Å². The third kappa shape index (κ3) is 2.47. The predicted molar refractivity (Wildman–Crippen MR) is 107 cm³/mol. The molecule has 130 valence electrons. The van der Waals surface area contributed by atoms with Gasteiger partial charge in [0.25, 0.3) is 0 Å². The number of carbonyl (C=O) groups is 1. The van der Waals surface area contributed by atoms with Gasteiger partial charge in [-0.3, -0.25) is 4.79 Å². The zero-order chi connectivity index (χ0) is 17.7. The maximum absolute atomic E-state index is 13.1. The number of H-pyrrole nitrogens is 1. The van der Waals surface area contributed by atoms with Gasteiger partial charge < -0.3 is 4.98 Å². The number of hydrogen-bond acceptors (Lipinski definition) is 5. The van der Waals surface area contributed by atoms with Crippen molar-refractivity contribution < 1.29 is 4.79 Å². The molecule has 0 bridgehead atoms. The molecule has 0 radical (unpaired) electrons. The Kier molecular flexibility index (Phi) is 3.83. The first-order valence-electron chi connectivity index (χ1n) is 8.74. The van der Waals surface area contributed by atoms with Crippen LogP contribution in [-0.4, -0.2) is 26.0 Å². The Morgan fingerprint density at radius 3 is 3.08 bits per heavy atom. The summed E-state index contributed by atoms with van der Waals surface area (Å²) in [5.74, 6) is 0.131. The van der Waals surface area contributed by atoms with Crippen LogP contribution in [0.3, 0.4) is 0 Å². The summed E-state index contributed by atoms with van der Waals surface area (Å²) in [6.45, 7) is 1.97. The van der Waals surface area contributed by atoms with Crippen LogP contribution in [0.25, 0.3) is 21.1 Å². The minimum atomic E-state index is -0.204. The Morgan fingerprint density at radius 1 is 1.27 bits per heavy atom. The number of nitrogens with zero attached hydrogens (tertiary/aromatic N) is 2. The summed E-state index contributed by atoms with van der Waals surface area (Å²) in [6.07, 6.45) is 6.90. The van der Waals surface area contributed by atoms with Gasteiger partial charge in [0.1, 0.15) is 16.2 Å². The number of fused-ring (bicyclic) bond motifs is 4. The maximum atomic E-state index is 13.1. The fourth-order valence-corrected chi connectivity index (χ4v) is 6.01. The lowest BCUT2D eigenvalue weighted by Gasteiger charge is -2.10. The highest BCUT2D eigenvalue weighted by atomic mass is 32.2. The third-order valence-electron chi connectivity index (χ3n) is 4.98. The van der Waals surface area contributed by atoms with Gasteiger partial charge in [0.05, 0.1) is 5.25 Å². The summed E-state index contributed by atoms with van der Waals surface area (Å²) in [4.78, 5) is 27.7. The molecule has 1 unspecified atom stereocenters. The molecule has 0 fully saturated rings. The molecule has 4 aromatic rings. The van der Waals surface area contributed by atoms with E-state index < -0.39 is 0 Å². The van der Waals surface area contributed by atoms with Crippen LogP contribution in [0, 0.1) is 0 Å². The van der Waals surface area contributed by atoms with Crippen molar-refractivity contribution >= 4 is 50.0 Å². The molecule has 0 aliphatic heterocycles. The first-order chi connectivity index (χ1) is 12.7. The summed E-state index contributed by atoms with van der Waals surface area (Å²) in [6, 6.07) is 7.92. The Hall–Kier alpha value is -2.18. The van der Waals surface area contributed by atoms with Gasteiger partial charge in [0.2, 0.25) is 0 Å². The lowest BCUT2D eigenvalue weighted by molar-refractivity contribution is 0.0995. The van der Waals surface area contributed by atoms with Gasteiger partial charge >= 0.3 is 0 Å². The fourth-order valence-electron chi connectivity index (χ4n) is 3.70. The number of thioether (sulfide) groups is 1. The normalized spacial score (nSPS) is 14.8. The summed E-state index contributed by atoms with van der Waals surface area (Å²) in [5, 5.41) is 2.89. The van der Waals surface area contributed by atoms with Gasteiger partial charge in [-0.05, 0) is 37.8 Å². The van der Waals surface area contributed by atoms with Crippen molar-refractivity contribution in [3.05, 3.63) is 52.8 Å². The van der Waals surface area contributed by atoms with E-state index in [-0.39, 0.29) is 11.0 Å². The number of thiophene rings is 1. The second-order valence-electron chi connectivity index (χ2n) is 6.59. The molecule has 6 heteroatoms. The molecule has 1 aliphatic carbocycles. The van der Waals surface area contributed by atoms with Crippen LogP contribution in [0.2, 0.25) is 0 Å². The SMILES string of the molecule is CC(Sc1ncnc2sc3c(c12)CCC3)C(=O)c1c[nH]c2ccccc12. The highest BCUT2D eigenvalue weighted by molar-refractivity contribution is 8.00. The van der Waals surface area contributed by atoms with E-state index in [1.165, 1.54) is 22.2 Å². The number of nitrogens with one attached hydrogen (secondary N) is 1. The molecule has 3 aromatic heterocycles. The van der Waals surface area contributed by atoms with Crippen LogP contribution in [0.1, 0.15) is 34.1 Å². The Bertz CT molecular complexity index is 1140. The molecule has 4 nitrogen and oxygen atoms in total. The molecular formula is C20H17N3OS2. The number of rotatable bonds is 4. The van der Waals surface area contributed by atoms with Crippen LogP contribution < -0.4 is 0 Å². The van der Waals surface area contributed by atoms with Gasteiger partial charge in [-0.1, -0.05) is 30.0 Å². The average Bonchev–Trinajstić information content (AvgIpc) is 3.35. The highest BCUT2D eigenvalue weighted by Gasteiger charge is 2.25. The monoisotopic (exact) mass is 379 g/mol. The Labute approximate surface area is 159 Å². The molecule has 1 aliphatic rings. The molecule has 1 aromatic carbocycles. The van der Waals surface area contributed by atoms with Gasteiger partial charge in [0.15, 0.2) is 5.78 Å². The van der Waals surface area contributed by atoms with E-state index in [4.69, 9.17) is 0 Å². The molecule has 0 saturated carbocycles. The summed E-state index contributed by atoms with van der Waals surface area (Å²) in [5.41, 5.74) is 3.15. The average molecular weight is 380 g/mol. The van der Waals surface area contributed by atoms with Crippen LogP contribution in [0.15, 0.2) is 41.8 Å². The van der Waals surface area contributed by atoms with Crippen molar-refractivity contribution in [2.45, 2.75) is 36.5 Å². The van der Waals surface area contributed by atoms with Gasteiger partial charge in [0, 0.05) is 32.9 Å². The van der Waals surface area contributed by atoms with Crippen molar-refractivity contribution in [2.24, 2.45) is 0 Å². The zero-order valence-electron chi connectivity index (χ0n) is 14.3. The maximum Gasteiger partial charge on any atom is 0.178 e. The standard InChI is InChI=1S/C20H17N3OS2/c1-11(18(24)14-9-21-15-7-3-2-5-12(14)15)25-19-17-13-6-4-8-16(13)26-20(17)23-10-22-19/h2-3,5,7,9-11,21H,4,6,8H2,1H3. The van der Waals surface area contributed by atoms with Crippen LogP contribution in [-0.2, 0) is 12.8 Å². The van der Waals surface area contributed by atoms with E-state index >= 15 is 0 Å². The smallest absolute Gasteiger partial charge is 0.178 e. The molecule has 3 heterocycles. The fraction of sp³-hybridized carbons (Fsp3) is 0.250. The molecule has 0 spiro atoms. The summed E-state index contributed by atoms with van der Waals surface area (Å²) < 4.78 is 0. The van der Waals surface area contributed by atoms with Gasteiger partial charge in [-0.2, -0.15) is 0 Å². The Morgan fingerprint density at radius 2 is 2.15 bits per heavy atom. The van der Waals surface area contributed by atoms with Crippen molar-refractivity contribution in [3.8, 4) is 0 Å². The van der Waals surface area contributed by atoms with Crippen LogP contribution in [0.4, 0.5) is 0 Å². The number of hydrogen-bond donors (Lipinski definition) is 1. The molecule has 0 saturated heterocycles. The first kappa shape index (κ1) is 16.0. The van der Waals surface area contributed by atoms with E-state index in [2.05, 4.69) is 15.0 Å². The number of aromatic nitrogens is 3. The number of aromatic amines is 1. The molecule has 5 rings (SSSR count). The van der Waals surface area contributed by atoms with Crippen LogP contribution in [0.5, 0.6) is 0 Å². The van der Waals surface area contributed by atoms with Gasteiger partial charge in [-0.15, -0.1) is 11.3 Å². The lowest BCUT2D eigenvalue weighted by atomic mass is 10.1. The number of ketones is 1. The minimum absolute atomic E-state index is 0.131. The number of para-hydroxylation sites is 1. The molecule has 1 N–H and O–H groups in total. The first-order valence-corrected chi connectivity index (χ1v) is 10.4. The molecule has 0 amide bonds. The van der Waals surface area contributed by atoms with E-state index in [1.807, 2.05) is 37.4 Å². The topological polar surface area (TPSA) is 58.6 Å². The molecular weight excluding hydrogens is 362 g/mol. The van der Waals surface area contributed by atoms with Gasteiger partial charge in [-0.25, -0.2) is 9.97 Å². The summed E-state index contributed by atoms with van der Waals surface area (Å²) >= 11 is 3.33. The third-order valence-corrected chi connectivity index (χ3v) is 7.28. The number of aryl methyl sites for hydroxylation is 2. The van der Waals surface area contributed by atoms with E-state index in [0.717, 1.165) is 39.2 Å². The molecule has 26 heavy (non-hydrogen) atoms. The molecule has 1 atom stereocenters. The number of benzene rings is 1. The van der Waals surface area contributed by atoms with Crippen molar-refractivity contribution in [1.29, 1.82) is 0 Å². The quantitative estimate of drug-likeness (QED) is 0.307. The lowest BCUT2D eigenvalue weighted by Crippen LogP contribution is -2.13. The van der Waals surface area contributed by atoms with E-state index in [9.17, 15) is 4.79 Å². The van der Waals surface area contributed by atoms with E-state index in [0.29, 0.717) is 0 Å². The predicted octanol–water partition coefficient (Wildman–Crippen LogP) is 5.02. The second kappa shape index (κ2) is 6.21. The van der Waals surface area contributed by atoms with Crippen LogP contribution >= 0.6 is 23.1 Å². The van der Waals surface area contributed by atoms with Crippen molar-refractivity contribution in [3.63, 3.8) is 0 Å². The second-order valence-corrected chi connectivity index (χ2v) is 9.00. The number of Topliss-reactive ketones (excluding diaryl/α,β-unsaturated/α-hetero) is 1. The van der Waals surface area contributed by atoms with E-state index in [1.54, 1.807) is 29.4 Å². The highest BCUT2D eigenvalue weighted by Crippen LogP contribution is 2.41. The largest absolute Gasteiger partial charge is 0.360 e. The minimum Gasteiger partial charge on any atom is -0.360 e. The summed E-state index contributed by atoms with van der Waals surface area (Å²) in [7, 11) is 0. The zero-order valence-corrected chi connectivity index (χ0v) is 15.9. The Balaban J connectivity index is 1.50. The van der Waals surface area contributed by atoms with Crippen molar-refractivity contribution in [1.82, 2.24) is 15.0 Å².